The van der Waals surface area contributed by atoms with Gasteiger partial charge in [-0.25, -0.2) is 9.59 Å². The van der Waals surface area contributed by atoms with Crippen LogP contribution in [0.15, 0.2) is 115 Å². The Balaban J connectivity index is 0.919. The Morgan fingerprint density at radius 3 is 1.74 bits per heavy atom. The minimum atomic E-state index is -2.21. The van der Waals surface area contributed by atoms with Crippen LogP contribution >= 0.6 is 23.2 Å². The number of aliphatic hydroxyl groups excluding tert-OH is 1. The number of carboxylic acids is 1. The van der Waals surface area contributed by atoms with Gasteiger partial charge in [-0.15, -0.1) is 0 Å². The van der Waals surface area contributed by atoms with E-state index in [9.17, 15) is 55.2 Å². The maximum Gasteiger partial charge on any atom is 0.408 e. The molecular formula is C69H59Cl2N7O20. The lowest BCUT2D eigenvalue weighted by atomic mass is 9.55. The second kappa shape index (κ2) is 25.1. The van der Waals surface area contributed by atoms with Gasteiger partial charge in [0.05, 0.1) is 10.0 Å². The van der Waals surface area contributed by atoms with Crippen molar-refractivity contribution in [2.75, 3.05) is 0 Å². The molecule has 10 aliphatic rings. The first-order chi connectivity index (χ1) is 46.9. The summed E-state index contributed by atoms with van der Waals surface area (Å²) in [5, 5.41) is 109. The average molecular weight is 1380 g/mol. The van der Waals surface area contributed by atoms with Crippen molar-refractivity contribution in [2.24, 2.45) is 23.7 Å². The Morgan fingerprint density at radius 2 is 1.08 bits per heavy atom. The molecule has 0 radical (unpaired) electrons. The van der Waals surface area contributed by atoms with Gasteiger partial charge in [0.1, 0.15) is 88.7 Å². The standard InChI is InChI=1S/C69H59Cl2N7O20/c70-41-14-26-1-7-47(41)96-50-21-33-22-51(60(50)85)97-48-8-4-31(19-42(48)71)59(84)58-67(91)76-57(68(92)93)40-24-37(80)25-46(83)52(40)39-18-29(2-5-44(39)81)53(64(88)77-58)74-66(90)56(33)75-65(89)55-32-16-36(79)23-38(17-32)95-49-20-30(3-6-45(49)82)54(63(87)72-43(15-26)62(86)73-55)78-69(94)98-61-34-10-27-9-28(12-34)13-35(61)11-27/h1-8,14,16-25,27-28,34-35,43,53-59,61,79-85H,9-13,15H2,(H,72,87)(H,73,86)(H,74,90)(H,75,89)(H,76,91)(H,77,88)(H,78,94)(H,92,93)/t27?,28?,34?,35?,43-,53-,54+,55+,56-,57+,58+,59-,61?/m1/s1. The molecular weight excluding hydrogens is 1320 g/mol. The van der Waals surface area contributed by atoms with E-state index in [4.69, 9.17) is 42.1 Å². The number of aromatic hydroxyl groups is 6. The second-order valence-electron chi connectivity index (χ2n) is 25.5. The van der Waals surface area contributed by atoms with E-state index in [-0.39, 0.29) is 78.3 Å². The third-order valence-electron chi connectivity index (χ3n) is 19.0. The number of phenols is 6. The minimum Gasteiger partial charge on any atom is -0.508 e. The number of rotatable bonds is 3. The number of alkyl carbamates (subject to hydrolysis) is 1. The average Bonchev–Trinajstić information content (AvgIpc) is 0.769. The number of amides is 7. The molecule has 8 atom stereocenters. The third-order valence-corrected chi connectivity index (χ3v) is 19.6. The number of nitrogens with one attached hydrogen (secondary N) is 7. The zero-order valence-corrected chi connectivity index (χ0v) is 52.5. The molecule has 6 heterocycles. The van der Waals surface area contributed by atoms with Crippen LogP contribution in [0, 0.1) is 23.7 Å². The van der Waals surface area contributed by atoms with E-state index in [1.165, 1.54) is 54.6 Å². The van der Waals surface area contributed by atoms with Crippen molar-refractivity contribution in [3.8, 4) is 80.1 Å². The van der Waals surface area contributed by atoms with Crippen LogP contribution in [0.4, 0.5) is 4.79 Å². The van der Waals surface area contributed by atoms with Gasteiger partial charge in [-0.1, -0.05) is 47.5 Å². The molecule has 4 aliphatic carbocycles. The van der Waals surface area contributed by atoms with E-state index in [1.807, 2.05) is 0 Å². The number of fused-ring (bicyclic) bond motifs is 14. The predicted molar refractivity (Wildman–Crippen MR) is 341 cm³/mol. The first-order valence-electron chi connectivity index (χ1n) is 31.1. The van der Waals surface area contributed by atoms with E-state index >= 15 is 24.0 Å². The zero-order valence-electron chi connectivity index (χ0n) is 51.0. The summed E-state index contributed by atoms with van der Waals surface area (Å²) in [6.07, 6.45) is 0.802. The molecule has 7 aromatic rings. The molecule has 27 nitrogen and oxygen atoms in total. The normalized spacial score (nSPS) is 26.2. The number of hydrogen-bond acceptors (Lipinski definition) is 19. The summed E-state index contributed by atoms with van der Waals surface area (Å²) >= 11 is 13.9. The molecule has 4 saturated carbocycles. The van der Waals surface area contributed by atoms with Crippen molar-refractivity contribution in [1.82, 2.24) is 37.2 Å². The van der Waals surface area contributed by atoms with Gasteiger partial charge in [-0.05, 0) is 168 Å². The number of carboxylic acid groups (broad SMARTS) is 1. The fourth-order valence-corrected chi connectivity index (χ4v) is 15.2. The van der Waals surface area contributed by atoms with Crippen LogP contribution < -0.4 is 51.4 Å². The van der Waals surface area contributed by atoms with E-state index < -0.39 is 171 Å². The highest BCUT2D eigenvalue weighted by Crippen LogP contribution is 2.55. The van der Waals surface area contributed by atoms with Crippen molar-refractivity contribution < 1.29 is 98.2 Å². The molecule has 4 fully saturated rings. The van der Waals surface area contributed by atoms with Gasteiger partial charge in [-0.2, -0.15) is 0 Å². The summed E-state index contributed by atoms with van der Waals surface area (Å²) in [4.78, 5) is 120. The first kappa shape index (κ1) is 64.2. The Kier molecular flexibility index (Phi) is 16.5. The molecule has 0 unspecified atom stereocenters. The molecule has 7 aromatic carbocycles. The van der Waals surface area contributed by atoms with Crippen molar-refractivity contribution >= 4 is 70.7 Å². The summed E-state index contributed by atoms with van der Waals surface area (Å²) in [7, 11) is 0. The molecule has 29 heteroatoms. The number of aliphatic carboxylic acids is 1. The number of hydrogen-bond donors (Lipinski definition) is 15. The quantitative estimate of drug-likeness (QED) is 0.0810. The van der Waals surface area contributed by atoms with Gasteiger partial charge in [0.25, 0.3) is 0 Å². The number of carbonyl (C=O) groups excluding carboxylic acids is 7. The van der Waals surface area contributed by atoms with Gasteiger partial charge >= 0.3 is 12.1 Å². The molecule has 0 aromatic heterocycles. The van der Waals surface area contributed by atoms with Crippen molar-refractivity contribution in [2.45, 2.75) is 93.0 Å². The monoisotopic (exact) mass is 1380 g/mol. The predicted octanol–water partition coefficient (Wildman–Crippen LogP) is 7.58. The maximum absolute atomic E-state index is 15.9. The summed E-state index contributed by atoms with van der Waals surface area (Å²) in [6, 6.07) is 7.70. The molecule has 15 N–H and O–H groups in total. The SMILES string of the molecule is O=C(N[C@@H]1C(=O)N[C@@H]2Cc3ccc(c(Cl)c3)Oc3cc4cc(c3O)Oc3ccc(cc3Cl)[C@@H](O)[C@@H]3NC(=O)[C@H](NC(=O)[C@@H]4NC(=O)[C@@H](NC2=O)c2cc(O)cc(c2)Oc2cc1ccc2O)c1ccc(O)c(c1)-c1c(O)cc(O)cc1[C@@H](C(=O)O)NC3=O)OC1C2CC3CC(C2)CC1C3. The van der Waals surface area contributed by atoms with Crippen molar-refractivity contribution in [3.05, 3.63) is 164 Å². The third kappa shape index (κ3) is 12.2. The van der Waals surface area contributed by atoms with Gasteiger partial charge < -0.3 is 97.0 Å². The molecule has 504 valence electrons. The lowest BCUT2D eigenvalue weighted by Gasteiger charge is -2.53. The van der Waals surface area contributed by atoms with Crippen molar-refractivity contribution in [1.29, 1.82) is 0 Å². The molecule has 7 amide bonds. The fourth-order valence-electron chi connectivity index (χ4n) is 14.7. The molecule has 0 spiro atoms. The lowest BCUT2D eigenvalue weighted by Crippen LogP contribution is -2.55. The number of carbonyl (C=O) groups is 8. The highest BCUT2D eigenvalue weighted by molar-refractivity contribution is 6.32. The van der Waals surface area contributed by atoms with Crippen LogP contribution in [0.1, 0.15) is 107 Å². The van der Waals surface area contributed by atoms with Gasteiger partial charge in [0.2, 0.25) is 41.2 Å². The largest absolute Gasteiger partial charge is 0.508 e. The van der Waals surface area contributed by atoms with Crippen LogP contribution in [0.25, 0.3) is 11.1 Å². The number of ether oxygens (including phenoxy) is 4. The van der Waals surface area contributed by atoms with Gasteiger partial charge in [-0.3, -0.25) is 28.8 Å². The molecule has 17 rings (SSSR count). The number of aliphatic hydroxyl groups is 1. The van der Waals surface area contributed by atoms with E-state index in [0.29, 0.717) is 11.8 Å². The molecule has 6 aliphatic heterocycles. The van der Waals surface area contributed by atoms with Crippen LogP contribution in [0.2, 0.25) is 10.0 Å². The maximum atomic E-state index is 15.9. The summed E-state index contributed by atoms with van der Waals surface area (Å²) < 4.78 is 24.9. The highest BCUT2D eigenvalue weighted by Gasteiger charge is 2.51. The number of phenolic OH excluding ortho intramolecular Hbond substituents is 6. The van der Waals surface area contributed by atoms with E-state index in [2.05, 4.69) is 37.2 Å². The zero-order chi connectivity index (χ0) is 68.9. The first-order valence-corrected chi connectivity index (χ1v) is 31.9. The summed E-state index contributed by atoms with van der Waals surface area (Å²) in [5.41, 5.74) is -2.22. The van der Waals surface area contributed by atoms with E-state index in [0.717, 1.165) is 92.8 Å². The van der Waals surface area contributed by atoms with Crippen LogP contribution in [0.3, 0.4) is 0 Å². The van der Waals surface area contributed by atoms with Crippen LogP contribution in [0.5, 0.6) is 69.0 Å². The Morgan fingerprint density at radius 1 is 0.500 bits per heavy atom. The highest BCUT2D eigenvalue weighted by atomic mass is 35.5. The smallest absolute Gasteiger partial charge is 0.408 e. The number of benzene rings is 7. The number of halogens is 2. The second-order valence-corrected chi connectivity index (χ2v) is 26.3. The van der Waals surface area contributed by atoms with Crippen LogP contribution in [-0.2, 0) is 44.7 Å². The van der Waals surface area contributed by atoms with Gasteiger partial charge in [0.15, 0.2) is 29.0 Å². The van der Waals surface area contributed by atoms with Gasteiger partial charge in [0, 0.05) is 35.2 Å². The fraction of sp³-hybridized carbons (Fsp3) is 0.275. The Hall–Kier alpha value is -11.2. The topological polar surface area (TPSA) is 420 Å². The Bertz CT molecular complexity index is 4540. The minimum absolute atomic E-state index is 0.0426. The molecule has 21 bridgehead atoms. The summed E-state index contributed by atoms with van der Waals surface area (Å²) in [6.45, 7) is 0. The molecule has 0 saturated heterocycles. The molecule has 98 heavy (non-hydrogen) atoms. The summed E-state index contributed by atoms with van der Waals surface area (Å²) in [5.74, 6) is -14.1. The van der Waals surface area contributed by atoms with E-state index in [1.54, 1.807) is 0 Å². The van der Waals surface area contributed by atoms with Crippen molar-refractivity contribution in [3.63, 3.8) is 0 Å². The Labute approximate surface area is 564 Å². The lowest BCUT2D eigenvalue weighted by molar-refractivity contribution is -0.143. The van der Waals surface area contributed by atoms with Crippen LogP contribution in [-0.4, -0.2) is 107 Å².